The summed E-state index contributed by atoms with van der Waals surface area (Å²) in [4.78, 5) is 22.6. The summed E-state index contributed by atoms with van der Waals surface area (Å²) >= 11 is 0. The number of nitrogens with zero attached hydrogens (tertiary/aromatic N) is 4. The van der Waals surface area contributed by atoms with Gasteiger partial charge in [0.05, 0.1) is 19.7 Å². The smallest absolute Gasteiger partial charge is 0.316 e. The Morgan fingerprint density at radius 1 is 1.23 bits per heavy atom. The minimum Gasteiger partial charge on any atom is -0.460 e. The molecule has 1 atom stereocenters. The number of rotatable bonds is 4. The predicted molar refractivity (Wildman–Crippen MR) is 88.7 cm³/mol. The van der Waals surface area contributed by atoms with Gasteiger partial charge in [0, 0.05) is 37.2 Å². The molecule has 0 bridgehead atoms. The molecule has 0 N–H and O–H groups in total. The zero-order valence-electron chi connectivity index (χ0n) is 14.3. The standard InChI is InChI=1S/C18H20N4O4/c23-16(14-8-15(26-21-14)12-2-3-12)22-10-18(11-22)9-13(4-7-24-18)25-17-19-5-1-6-20-17/h1,5-6,8,12-13H,2-4,7,9-11H2/t13-/m1/s1. The molecule has 1 aliphatic carbocycles. The van der Waals surface area contributed by atoms with Crippen LogP contribution in [0.1, 0.15) is 47.8 Å². The van der Waals surface area contributed by atoms with Crippen LogP contribution in [0.15, 0.2) is 29.0 Å². The zero-order valence-corrected chi connectivity index (χ0v) is 14.3. The van der Waals surface area contributed by atoms with Crippen molar-refractivity contribution in [1.82, 2.24) is 20.0 Å². The van der Waals surface area contributed by atoms with Gasteiger partial charge in [-0.25, -0.2) is 9.97 Å². The molecule has 1 spiro atoms. The van der Waals surface area contributed by atoms with Crippen molar-refractivity contribution in [3.05, 3.63) is 36.0 Å². The maximum atomic E-state index is 12.6. The summed E-state index contributed by atoms with van der Waals surface area (Å²) in [7, 11) is 0. The normalized spacial score (nSPS) is 24.3. The van der Waals surface area contributed by atoms with Gasteiger partial charge in [-0.05, 0) is 18.9 Å². The Morgan fingerprint density at radius 3 is 2.81 bits per heavy atom. The van der Waals surface area contributed by atoms with Crippen molar-refractivity contribution >= 4 is 5.91 Å². The van der Waals surface area contributed by atoms with Crippen LogP contribution < -0.4 is 4.74 Å². The number of amides is 1. The van der Waals surface area contributed by atoms with Crippen molar-refractivity contribution in [2.75, 3.05) is 19.7 Å². The van der Waals surface area contributed by atoms with Crippen molar-refractivity contribution in [2.24, 2.45) is 0 Å². The van der Waals surface area contributed by atoms with Gasteiger partial charge in [0.2, 0.25) is 0 Å². The van der Waals surface area contributed by atoms with Crippen LogP contribution >= 0.6 is 0 Å². The monoisotopic (exact) mass is 356 g/mol. The van der Waals surface area contributed by atoms with Gasteiger partial charge in [-0.15, -0.1) is 0 Å². The summed E-state index contributed by atoms with van der Waals surface area (Å²) in [5.41, 5.74) is 0.0548. The minimum absolute atomic E-state index is 0.00285. The van der Waals surface area contributed by atoms with Gasteiger partial charge in [-0.1, -0.05) is 5.16 Å². The summed E-state index contributed by atoms with van der Waals surface area (Å²) in [6.07, 6.45) is 7.08. The number of likely N-dealkylation sites (tertiary alicyclic amines) is 1. The van der Waals surface area contributed by atoms with E-state index in [0.717, 1.165) is 31.4 Å². The van der Waals surface area contributed by atoms with Gasteiger partial charge in [0.1, 0.15) is 17.5 Å². The molecular weight excluding hydrogens is 336 g/mol. The molecule has 1 saturated carbocycles. The van der Waals surface area contributed by atoms with Crippen LogP contribution in [0.4, 0.5) is 0 Å². The van der Waals surface area contributed by atoms with Crippen LogP contribution in [-0.4, -0.2) is 57.3 Å². The lowest BCUT2D eigenvalue weighted by Crippen LogP contribution is -2.67. The van der Waals surface area contributed by atoms with E-state index in [1.807, 2.05) is 0 Å². The molecule has 5 rings (SSSR count). The summed E-state index contributed by atoms with van der Waals surface area (Å²) < 4.78 is 17.1. The molecule has 2 aromatic heterocycles. The second-order valence-electron chi connectivity index (χ2n) is 7.35. The molecule has 1 amide bonds. The molecule has 8 heteroatoms. The number of hydrogen-bond acceptors (Lipinski definition) is 7. The van der Waals surface area contributed by atoms with Gasteiger partial charge in [-0.3, -0.25) is 4.79 Å². The predicted octanol–water partition coefficient (Wildman–Crippen LogP) is 1.79. The molecule has 4 heterocycles. The Kier molecular flexibility index (Phi) is 3.66. The summed E-state index contributed by atoms with van der Waals surface area (Å²) in [5.74, 6) is 1.18. The highest BCUT2D eigenvalue weighted by Gasteiger charge is 2.50. The molecule has 0 radical (unpaired) electrons. The lowest BCUT2D eigenvalue weighted by molar-refractivity contribution is -0.174. The van der Waals surface area contributed by atoms with Crippen molar-refractivity contribution in [3.8, 4) is 6.01 Å². The molecule has 2 saturated heterocycles. The third-order valence-electron chi connectivity index (χ3n) is 5.23. The van der Waals surface area contributed by atoms with Crippen LogP contribution in [0.2, 0.25) is 0 Å². The number of hydrogen-bond donors (Lipinski definition) is 0. The van der Waals surface area contributed by atoms with E-state index in [4.69, 9.17) is 14.0 Å². The zero-order chi connectivity index (χ0) is 17.6. The quantitative estimate of drug-likeness (QED) is 0.825. The van der Waals surface area contributed by atoms with Gasteiger partial charge in [0.25, 0.3) is 5.91 Å². The fraction of sp³-hybridized carbons (Fsp3) is 0.556. The van der Waals surface area contributed by atoms with E-state index in [1.54, 1.807) is 29.4 Å². The van der Waals surface area contributed by atoms with E-state index in [0.29, 0.717) is 37.3 Å². The molecule has 2 aliphatic heterocycles. The second kappa shape index (κ2) is 6.05. The Labute approximate surface area is 150 Å². The fourth-order valence-electron chi connectivity index (χ4n) is 3.70. The SMILES string of the molecule is O=C(c1cc(C2CC2)on1)N1CC2(C[C@H](Oc3ncccn3)CCO2)C1. The number of carbonyl (C=O) groups is 1. The van der Waals surface area contributed by atoms with Gasteiger partial charge < -0.3 is 18.9 Å². The Balaban J connectivity index is 1.19. The topological polar surface area (TPSA) is 90.6 Å². The fourth-order valence-corrected chi connectivity index (χ4v) is 3.70. The molecule has 0 aromatic carbocycles. The minimum atomic E-state index is -0.337. The lowest BCUT2D eigenvalue weighted by Gasteiger charge is -2.52. The average molecular weight is 356 g/mol. The van der Waals surface area contributed by atoms with Crippen LogP contribution in [0, 0.1) is 0 Å². The first-order chi connectivity index (χ1) is 12.7. The van der Waals surface area contributed by atoms with Crippen molar-refractivity contribution in [3.63, 3.8) is 0 Å². The maximum Gasteiger partial charge on any atom is 0.316 e. The van der Waals surface area contributed by atoms with Gasteiger partial charge in [0.15, 0.2) is 5.69 Å². The number of carbonyl (C=O) groups excluding carboxylic acids is 1. The first-order valence-corrected chi connectivity index (χ1v) is 9.04. The Bertz CT molecular complexity index is 799. The van der Waals surface area contributed by atoms with E-state index < -0.39 is 0 Å². The van der Waals surface area contributed by atoms with Crippen molar-refractivity contribution in [2.45, 2.75) is 43.3 Å². The molecule has 2 aromatic rings. The maximum absolute atomic E-state index is 12.6. The van der Waals surface area contributed by atoms with Crippen molar-refractivity contribution < 1.29 is 18.8 Å². The second-order valence-corrected chi connectivity index (χ2v) is 7.35. The van der Waals surface area contributed by atoms with Crippen LogP contribution in [0.25, 0.3) is 0 Å². The molecule has 136 valence electrons. The van der Waals surface area contributed by atoms with Crippen LogP contribution in [0.3, 0.4) is 0 Å². The lowest BCUT2D eigenvalue weighted by atomic mass is 9.84. The highest BCUT2D eigenvalue weighted by molar-refractivity contribution is 5.93. The van der Waals surface area contributed by atoms with Crippen molar-refractivity contribution in [1.29, 1.82) is 0 Å². The first kappa shape index (κ1) is 15.7. The van der Waals surface area contributed by atoms with Gasteiger partial charge >= 0.3 is 6.01 Å². The summed E-state index contributed by atoms with van der Waals surface area (Å²) in [6, 6.07) is 3.93. The van der Waals surface area contributed by atoms with E-state index in [1.165, 1.54) is 0 Å². The summed E-state index contributed by atoms with van der Waals surface area (Å²) in [6.45, 7) is 1.70. The van der Waals surface area contributed by atoms with E-state index in [-0.39, 0.29) is 17.6 Å². The molecular formula is C18H20N4O4. The highest BCUT2D eigenvalue weighted by atomic mass is 16.5. The molecule has 0 unspecified atom stereocenters. The van der Waals surface area contributed by atoms with E-state index in [9.17, 15) is 4.79 Å². The summed E-state index contributed by atoms with van der Waals surface area (Å²) in [5, 5.41) is 3.94. The number of aromatic nitrogens is 3. The third-order valence-corrected chi connectivity index (χ3v) is 5.23. The molecule has 3 fully saturated rings. The first-order valence-electron chi connectivity index (χ1n) is 9.04. The van der Waals surface area contributed by atoms with E-state index in [2.05, 4.69) is 15.1 Å². The molecule has 3 aliphatic rings. The molecule has 8 nitrogen and oxygen atoms in total. The van der Waals surface area contributed by atoms with Gasteiger partial charge in [-0.2, -0.15) is 0 Å². The Morgan fingerprint density at radius 2 is 2.04 bits per heavy atom. The largest absolute Gasteiger partial charge is 0.460 e. The van der Waals surface area contributed by atoms with E-state index >= 15 is 0 Å². The highest BCUT2D eigenvalue weighted by Crippen LogP contribution is 2.41. The average Bonchev–Trinajstić information content (AvgIpc) is 3.37. The Hall–Kier alpha value is -2.48. The third kappa shape index (κ3) is 2.94. The van der Waals surface area contributed by atoms with Crippen LogP contribution in [0.5, 0.6) is 6.01 Å². The molecule has 26 heavy (non-hydrogen) atoms. The van der Waals surface area contributed by atoms with Crippen LogP contribution in [-0.2, 0) is 4.74 Å². The number of ether oxygens (including phenoxy) is 2.